The van der Waals surface area contributed by atoms with Crippen molar-refractivity contribution >= 4 is 0 Å². The molecule has 0 unspecified atom stereocenters. The lowest BCUT2D eigenvalue weighted by molar-refractivity contribution is -0.0167. The molecule has 0 atom stereocenters. The highest BCUT2D eigenvalue weighted by Gasteiger charge is 2.17. The fourth-order valence-electron chi connectivity index (χ4n) is 1.83. The molecule has 94 valence electrons. The first-order chi connectivity index (χ1) is 7.38. The molecule has 1 saturated heterocycles. The minimum Gasteiger partial charge on any atom is -0.375 e. The molecule has 0 radical (unpaired) electrons. The Kier molecular flexibility index (Phi) is 4.81. The van der Waals surface area contributed by atoms with E-state index >= 15 is 0 Å². The van der Waals surface area contributed by atoms with E-state index < -0.39 is 0 Å². The van der Waals surface area contributed by atoms with Gasteiger partial charge in [-0.15, -0.1) is 0 Å². The summed E-state index contributed by atoms with van der Waals surface area (Å²) in [6, 6.07) is 0. The first-order valence-corrected chi connectivity index (χ1v) is 6.15. The second-order valence-electron chi connectivity index (χ2n) is 5.52. The van der Waals surface area contributed by atoms with E-state index in [1.54, 1.807) is 0 Å². The first-order valence-electron chi connectivity index (χ1n) is 6.15. The van der Waals surface area contributed by atoms with Crippen molar-refractivity contribution in [2.75, 3.05) is 39.3 Å². The Labute approximate surface area is 100 Å². The van der Waals surface area contributed by atoms with Gasteiger partial charge in [-0.3, -0.25) is 4.90 Å². The average Bonchev–Trinajstić information content (AvgIpc) is 2.16. The van der Waals surface area contributed by atoms with E-state index in [1.807, 2.05) is 0 Å². The summed E-state index contributed by atoms with van der Waals surface area (Å²) in [4.78, 5) is 4.81. The van der Waals surface area contributed by atoms with E-state index in [1.165, 1.54) is 5.70 Å². The molecule has 1 aliphatic rings. The van der Waals surface area contributed by atoms with E-state index in [0.717, 1.165) is 39.3 Å². The predicted molar refractivity (Wildman–Crippen MR) is 68.5 cm³/mol. The smallest absolute Gasteiger partial charge is 0.0600 e. The van der Waals surface area contributed by atoms with Crippen LogP contribution in [0.25, 0.3) is 0 Å². The SMILES string of the molecule is C=C(C)N1CCN(CCOC(C)(C)C)CC1. The van der Waals surface area contributed by atoms with Gasteiger partial charge in [0.05, 0.1) is 12.2 Å². The van der Waals surface area contributed by atoms with Crippen molar-refractivity contribution in [1.82, 2.24) is 9.80 Å². The van der Waals surface area contributed by atoms with Crippen LogP contribution >= 0.6 is 0 Å². The Hall–Kier alpha value is -0.540. The quantitative estimate of drug-likeness (QED) is 0.729. The molecule has 16 heavy (non-hydrogen) atoms. The van der Waals surface area contributed by atoms with Gasteiger partial charge < -0.3 is 9.64 Å². The standard InChI is InChI=1S/C13H26N2O/c1-12(2)15-8-6-14(7-9-15)10-11-16-13(3,4)5/h1,6-11H2,2-5H3. The van der Waals surface area contributed by atoms with Gasteiger partial charge in [0.25, 0.3) is 0 Å². The molecule has 0 aliphatic carbocycles. The number of piperazine rings is 1. The van der Waals surface area contributed by atoms with Crippen molar-refractivity contribution < 1.29 is 4.74 Å². The van der Waals surface area contributed by atoms with Crippen molar-refractivity contribution in [3.05, 3.63) is 12.3 Å². The molecule has 1 heterocycles. The van der Waals surface area contributed by atoms with E-state index in [4.69, 9.17) is 4.74 Å². The summed E-state index contributed by atoms with van der Waals surface area (Å²) in [6.07, 6.45) is 0. The highest BCUT2D eigenvalue weighted by atomic mass is 16.5. The second kappa shape index (κ2) is 5.69. The molecular weight excluding hydrogens is 200 g/mol. The third-order valence-corrected chi connectivity index (χ3v) is 2.85. The largest absolute Gasteiger partial charge is 0.375 e. The predicted octanol–water partition coefficient (Wildman–Crippen LogP) is 1.95. The van der Waals surface area contributed by atoms with Crippen LogP contribution in [0.3, 0.4) is 0 Å². The number of allylic oxidation sites excluding steroid dienone is 1. The Bertz CT molecular complexity index is 225. The van der Waals surface area contributed by atoms with Crippen molar-refractivity contribution in [3.8, 4) is 0 Å². The van der Waals surface area contributed by atoms with Crippen molar-refractivity contribution in [1.29, 1.82) is 0 Å². The van der Waals surface area contributed by atoms with Crippen LogP contribution in [0.1, 0.15) is 27.7 Å². The normalized spacial score (nSPS) is 18.9. The molecule has 0 aromatic heterocycles. The molecule has 0 aromatic carbocycles. The molecule has 1 rings (SSSR count). The molecule has 3 nitrogen and oxygen atoms in total. The van der Waals surface area contributed by atoms with Gasteiger partial charge in [0.15, 0.2) is 0 Å². The molecular formula is C13H26N2O. The number of hydrogen-bond acceptors (Lipinski definition) is 3. The van der Waals surface area contributed by atoms with Gasteiger partial charge in [-0.1, -0.05) is 6.58 Å². The second-order valence-corrected chi connectivity index (χ2v) is 5.52. The van der Waals surface area contributed by atoms with Crippen LogP contribution in [0.15, 0.2) is 12.3 Å². The zero-order valence-corrected chi connectivity index (χ0v) is 11.3. The summed E-state index contributed by atoms with van der Waals surface area (Å²) >= 11 is 0. The summed E-state index contributed by atoms with van der Waals surface area (Å²) in [5, 5.41) is 0. The number of hydrogen-bond donors (Lipinski definition) is 0. The lowest BCUT2D eigenvalue weighted by atomic mass is 10.2. The minimum atomic E-state index is -0.0144. The Morgan fingerprint density at radius 2 is 1.75 bits per heavy atom. The maximum absolute atomic E-state index is 5.73. The zero-order chi connectivity index (χ0) is 12.2. The van der Waals surface area contributed by atoms with E-state index in [2.05, 4.69) is 44.1 Å². The van der Waals surface area contributed by atoms with Crippen molar-refractivity contribution in [2.45, 2.75) is 33.3 Å². The summed E-state index contributed by atoms with van der Waals surface area (Å²) in [7, 11) is 0. The lowest BCUT2D eigenvalue weighted by Gasteiger charge is -2.36. The molecule has 1 aliphatic heterocycles. The Balaban J connectivity index is 2.15. The zero-order valence-electron chi connectivity index (χ0n) is 11.3. The van der Waals surface area contributed by atoms with Gasteiger partial charge in [-0.25, -0.2) is 0 Å². The molecule has 0 aromatic rings. The third kappa shape index (κ3) is 4.99. The number of rotatable bonds is 4. The average molecular weight is 226 g/mol. The van der Waals surface area contributed by atoms with E-state index in [-0.39, 0.29) is 5.60 Å². The van der Waals surface area contributed by atoms with Gasteiger partial charge in [-0.2, -0.15) is 0 Å². The van der Waals surface area contributed by atoms with Crippen LogP contribution in [0.5, 0.6) is 0 Å². The maximum atomic E-state index is 5.73. The Morgan fingerprint density at radius 1 is 1.19 bits per heavy atom. The van der Waals surface area contributed by atoms with Crippen LogP contribution < -0.4 is 0 Å². The van der Waals surface area contributed by atoms with Gasteiger partial charge in [-0.05, 0) is 27.7 Å². The van der Waals surface area contributed by atoms with Crippen molar-refractivity contribution in [2.24, 2.45) is 0 Å². The molecule has 0 N–H and O–H groups in total. The maximum Gasteiger partial charge on any atom is 0.0600 e. The molecule has 1 fully saturated rings. The van der Waals surface area contributed by atoms with Crippen LogP contribution in [0.2, 0.25) is 0 Å². The first kappa shape index (κ1) is 13.5. The fraction of sp³-hybridized carbons (Fsp3) is 0.846. The summed E-state index contributed by atoms with van der Waals surface area (Å²) in [5.74, 6) is 0. The molecule has 0 bridgehead atoms. The molecule has 3 heteroatoms. The summed E-state index contributed by atoms with van der Waals surface area (Å²) in [5.41, 5.74) is 1.17. The van der Waals surface area contributed by atoms with Gasteiger partial charge in [0, 0.05) is 38.4 Å². The Morgan fingerprint density at radius 3 is 2.19 bits per heavy atom. The fourth-order valence-corrected chi connectivity index (χ4v) is 1.83. The molecule has 0 spiro atoms. The van der Waals surface area contributed by atoms with Crippen LogP contribution in [0.4, 0.5) is 0 Å². The van der Waals surface area contributed by atoms with E-state index in [0.29, 0.717) is 0 Å². The lowest BCUT2D eigenvalue weighted by Crippen LogP contribution is -2.46. The van der Waals surface area contributed by atoms with Gasteiger partial charge >= 0.3 is 0 Å². The monoisotopic (exact) mass is 226 g/mol. The van der Waals surface area contributed by atoms with Gasteiger partial charge in [0.1, 0.15) is 0 Å². The summed E-state index contributed by atoms with van der Waals surface area (Å²) in [6.45, 7) is 18.7. The van der Waals surface area contributed by atoms with Crippen LogP contribution in [-0.2, 0) is 4.74 Å². The van der Waals surface area contributed by atoms with Crippen molar-refractivity contribution in [3.63, 3.8) is 0 Å². The van der Waals surface area contributed by atoms with Crippen LogP contribution in [-0.4, -0.2) is 54.7 Å². The molecule has 0 amide bonds. The number of nitrogens with zero attached hydrogens (tertiary/aromatic N) is 2. The highest BCUT2D eigenvalue weighted by Crippen LogP contribution is 2.09. The summed E-state index contributed by atoms with van der Waals surface area (Å²) < 4.78 is 5.73. The van der Waals surface area contributed by atoms with Gasteiger partial charge in [0.2, 0.25) is 0 Å². The third-order valence-electron chi connectivity index (χ3n) is 2.85. The molecule has 0 saturated carbocycles. The highest BCUT2D eigenvalue weighted by molar-refractivity contribution is 4.91. The topological polar surface area (TPSA) is 15.7 Å². The number of ether oxygens (including phenoxy) is 1. The van der Waals surface area contributed by atoms with E-state index in [9.17, 15) is 0 Å². The minimum absolute atomic E-state index is 0.0144. The van der Waals surface area contributed by atoms with Crippen LogP contribution in [0, 0.1) is 0 Å².